The molecule has 1 aromatic rings. The molecule has 0 radical (unpaired) electrons. The standard InChI is InChI=1S/C14H22O.H2O/c1-13(2,3)10-7-8-12(15)11(9-10)14(4,5)6;/h7-9,15H,1-6H3;1H2. The molecule has 0 bridgehead atoms. The van der Waals surface area contributed by atoms with E-state index in [1.807, 2.05) is 6.07 Å². The third-order valence-electron chi connectivity index (χ3n) is 2.67. The highest BCUT2D eigenvalue weighted by molar-refractivity contribution is 5.42. The van der Waals surface area contributed by atoms with Crippen molar-refractivity contribution in [2.24, 2.45) is 0 Å². The fourth-order valence-corrected chi connectivity index (χ4v) is 1.60. The summed E-state index contributed by atoms with van der Waals surface area (Å²) in [6, 6.07) is 5.93. The van der Waals surface area contributed by atoms with Gasteiger partial charge in [0, 0.05) is 0 Å². The first-order valence-corrected chi connectivity index (χ1v) is 5.46. The largest absolute Gasteiger partial charge is 0.508 e. The highest BCUT2D eigenvalue weighted by Gasteiger charge is 2.21. The smallest absolute Gasteiger partial charge is 0.119 e. The lowest BCUT2D eigenvalue weighted by Crippen LogP contribution is -2.16. The lowest BCUT2D eigenvalue weighted by molar-refractivity contribution is 0.444. The second-order valence-corrected chi connectivity index (χ2v) is 6.23. The first-order chi connectivity index (χ1) is 6.62. The fourth-order valence-electron chi connectivity index (χ4n) is 1.60. The molecular weight excluding hydrogens is 200 g/mol. The molecule has 0 aliphatic heterocycles. The molecule has 1 rings (SSSR count). The number of benzene rings is 1. The fraction of sp³-hybridized carbons (Fsp3) is 0.571. The molecule has 0 aromatic heterocycles. The first-order valence-electron chi connectivity index (χ1n) is 5.46. The van der Waals surface area contributed by atoms with Crippen molar-refractivity contribution in [2.45, 2.75) is 52.4 Å². The van der Waals surface area contributed by atoms with Crippen LogP contribution in [0.5, 0.6) is 5.75 Å². The maximum absolute atomic E-state index is 9.84. The molecule has 16 heavy (non-hydrogen) atoms. The van der Waals surface area contributed by atoms with E-state index in [9.17, 15) is 5.11 Å². The van der Waals surface area contributed by atoms with Crippen LogP contribution in [0.1, 0.15) is 52.7 Å². The highest BCUT2D eigenvalue weighted by Crippen LogP contribution is 2.34. The lowest BCUT2D eigenvalue weighted by Gasteiger charge is -2.25. The molecule has 0 atom stereocenters. The Bertz CT molecular complexity index is 354. The van der Waals surface area contributed by atoms with Crippen LogP contribution in [0.4, 0.5) is 0 Å². The van der Waals surface area contributed by atoms with Crippen LogP contribution in [-0.4, -0.2) is 10.6 Å². The highest BCUT2D eigenvalue weighted by atomic mass is 16.3. The van der Waals surface area contributed by atoms with Crippen LogP contribution in [0.3, 0.4) is 0 Å². The van der Waals surface area contributed by atoms with Gasteiger partial charge in [-0.25, -0.2) is 0 Å². The monoisotopic (exact) mass is 224 g/mol. The lowest BCUT2D eigenvalue weighted by atomic mass is 9.80. The van der Waals surface area contributed by atoms with E-state index in [0.717, 1.165) is 5.56 Å². The van der Waals surface area contributed by atoms with E-state index in [0.29, 0.717) is 5.75 Å². The summed E-state index contributed by atoms with van der Waals surface area (Å²) in [4.78, 5) is 0. The van der Waals surface area contributed by atoms with Crippen molar-refractivity contribution in [3.8, 4) is 5.75 Å². The third kappa shape index (κ3) is 3.24. The third-order valence-corrected chi connectivity index (χ3v) is 2.67. The number of phenolic OH excluding ortho intramolecular Hbond substituents is 1. The first kappa shape index (κ1) is 15.0. The Morgan fingerprint density at radius 1 is 0.875 bits per heavy atom. The quantitative estimate of drug-likeness (QED) is 0.723. The second kappa shape index (κ2) is 4.46. The number of aromatic hydroxyl groups is 1. The van der Waals surface area contributed by atoms with Gasteiger partial charge in [-0.2, -0.15) is 0 Å². The van der Waals surface area contributed by atoms with Gasteiger partial charge >= 0.3 is 0 Å². The summed E-state index contributed by atoms with van der Waals surface area (Å²) < 4.78 is 0. The van der Waals surface area contributed by atoms with Gasteiger partial charge in [-0.1, -0.05) is 53.7 Å². The average molecular weight is 224 g/mol. The van der Waals surface area contributed by atoms with E-state index >= 15 is 0 Å². The van der Waals surface area contributed by atoms with Crippen molar-refractivity contribution in [1.82, 2.24) is 0 Å². The molecule has 0 unspecified atom stereocenters. The Labute approximate surface area is 98.6 Å². The van der Waals surface area contributed by atoms with Gasteiger partial charge in [-0.15, -0.1) is 0 Å². The van der Waals surface area contributed by atoms with Gasteiger partial charge < -0.3 is 10.6 Å². The molecule has 0 saturated carbocycles. The van der Waals surface area contributed by atoms with E-state index in [1.165, 1.54) is 5.56 Å². The molecule has 0 amide bonds. The summed E-state index contributed by atoms with van der Waals surface area (Å²) in [6.45, 7) is 12.9. The van der Waals surface area contributed by atoms with Crippen LogP contribution < -0.4 is 0 Å². The molecule has 92 valence electrons. The van der Waals surface area contributed by atoms with Crippen molar-refractivity contribution in [3.05, 3.63) is 29.3 Å². The molecule has 0 saturated heterocycles. The maximum Gasteiger partial charge on any atom is 0.119 e. The van der Waals surface area contributed by atoms with Gasteiger partial charge in [0.15, 0.2) is 0 Å². The predicted molar refractivity (Wildman–Crippen MR) is 69.1 cm³/mol. The minimum atomic E-state index is -0.00859. The summed E-state index contributed by atoms with van der Waals surface area (Å²) in [6.07, 6.45) is 0. The Hall–Kier alpha value is -1.02. The van der Waals surface area contributed by atoms with Crippen LogP contribution >= 0.6 is 0 Å². The summed E-state index contributed by atoms with van der Waals surface area (Å²) in [5.74, 6) is 0.399. The van der Waals surface area contributed by atoms with Crippen molar-refractivity contribution in [2.75, 3.05) is 0 Å². The Morgan fingerprint density at radius 3 is 1.75 bits per heavy atom. The zero-order chi connectivity index (χ0) is 11.9. The van der Waals surface area contributed by atoms with Gasteiger partial charge in [-0.05, 0) is 28.0 Å². The van der Waals surface area contributed by atoms with Gasteiger partial charge in [0.05, 0.1) is 0 Å². The number of rotatable bonds is 0. The van der Waals surface area contributed by atoms with E-state index in [4.69, 9.17) is 0 Å². The number of hydrogen-bond donors (Lipinski definition) is 1. The maximum atomic E-state index is 9.84. The van der Waals surface area contributed by atoms with Gasteiger partial charge in [0.1, 0.15) is 5.75 Å². The minimum absolute atomic E-state index is 0. The zero-order valence-electron chi connectivity index (χ0n) is 11.2. The summed E-state index contributed by atoms with van der Waals surface area (Å²) in [7, 11) is 0. The molecule has 0 fully saturated rings. The summed E-state index contributed by atoms with van der Waals surface area (Å²) >= 11 is 0. The Balaban J connectivity index is 0.00000225. The molecule has 0 spiro atoms. The predicted octanol–water partition coefficient (Wildman–Crippen LogP) is 3.16. The van der Waals surface area contributed by atoms with Crippen LogP contribution in [0.25, 0.3) is 0 Å². The van der Waals surface area contributed by atoms with Crippen LogP contribution in [-0.2, 0) is 10.8 Å². The molecule has 1 aromatic carbocycles. The van der Waals surface area contributed by atoms with E-state index in [-0.39, 0.29) is 16.3 Å². The molecule has 0 aliphatic carbocycles. The molecule has 0 heterocycles. The van der Waals surface area contributed by atoms with Crippen LogP contribution in [0.2, 0.25) is 0 Å². The SMILES string of the molecule is CC(C)(C)c1ccc(O)c(C(C)(C)C)c1.O. The van der Waals surface area contributed by atoms with Crippen molar-refractivity contribution in [1.29, 1.82) is 0 Å². The van der Waals surface area contributed by atoms with E-state index < -0.39 is 0 Å². The molecule has 0 aliphatic rings. The number of hydrogen-bond acceptors (Lipinski definition) is 1. The average Bonchev–Trinajstić information content (AvgIpc) is 2.00. The minimum Gasteiger partial charge on any atom is -0.508 e. The van der Waals surface area contributed by atoms with Crippen LogP contribution in [0.15, 0.2) is 18.2 Å². The van der Waals surface area contributed by atoms with Gasteiger partial charge in [0.2, 0.25) is 0 Å². The normalized spacial score (nSPS) is 12.1. The van der Waals surface area contributed by atoms with Crippen molar-refractivity contribution < 1.29 is 10.6 Å². The molecule has 2 nitrogen and oxygen atoms in total. The van der Waals surface area contributed by atoms with Gasteiger partial charge in [-0.3, -0.25) is 0 Å². The molecule has 3 N–H and O–H groups in total. The zero-order valence-corrected chi connectivity index (χ0v) is 11.2. The van der Waals surface area contributed by atoms with Gasteiger partial charge in [0.25, 0.3) is 0 Å². The van der Waals surface area contributed by atoms with Crippen LogP contribution in [0, 0.1) is 0 Å². The van der Waals surface area contributed by atoms with E-state index in [2.05, 4.69) is 47.6 Å². The topological polar surface area (TPSA) is 51.7 Å². The number of phenols is 1. The Kier molecular flexibility index (Phi) is 4.18. The van der Waals surface area contributed by atoms with Crippen molar-refractivity contribution >= 4 is 0 Å². The molecule has 2 heteroatoms. The van der Waals surface area contributed by atoms with Crippen molar-refractivity contribution in [3.63, 3.8) is 0 Å². The molecular formula is C14H24O2. The second-order valence-electron chi connectivity index (χ2n) is 6.23. The van der Waals surface area contributed by atoms with E-state index in [1.54, 1.807) is 6.07 Å². The summed E-state index contributed by atoms with van der Waals surface area (Å²) in [5.41, 5.74) is 2.42. The Morgan fingerprint density at radius 2 is 1.38 bits per heavy atom. The summed E-state index contributed by atoms with van der Waals surface area (Å²) in [5, 5.41) is 9.84.